The molecule has 0 N–H and O–H groups in total. The van der Waals surface area contributed by atoms with Gasteiger partial charge in [-0.2, -0.15) is 0 Å². The Kier molecular flexibility index (Phi) is 6.40. The molecule has 0 aliphatic rings. The molecule has 0 aliphatic heterocycles. The Morgan fingerprint density at radius 1 is 0.952 bits per heavy atom. The van der Waals surface area contributed by atoms with Crippen LogP contribution in [0, 0.1) is 5.41 Å². The molecular weight excluding hydrogens is 268 g/mol. The number of ether oxygens (including phenoxy) is 2. The number of hydrogen-bond acceptors (Lipinski definition) is 4. The molecular formula is C17H24O4. The van der Waals surface area contributed by atoms with Gasteiger partial charge in [0.05, 0.1) is 0 Å². The summed E-state index contributed by atoms with van der Waals surface area (Å²) in [5.74, 6) is -0.0551. The zero-order valence-electron chi connectivity index (χ0n) is 13.3. The summed E-state index contributed by atoms with van der Waals surface area (Å²) in [4.78, 5) is 23.4. The third-order valence-corrected chi connectivity index (χ3v) is 2.83. The van der Waals surface area contributed by atoms with Crippen molar-refractivity contribution in [3.8, 4) is 11.5 Å². The minimum absolute atomic E-state index is 0.0755. The Bertz CT molecular complexity index is 486. The minimum atomic E-state index is -0.323. The van der Waals surface area contributed by atoms with Gasteiger partial charge < -0.3 is 9.47 Å². The van der Waals surface area contributed by atoms with Gasteiger partial charge in [-0.15, -0.1) is 0 Å². The van der Waals surface area contributed by atoms with E-state index in [1.165, 1.54) is 0 Å². The Balaban J connectivity index is 2.66. The third kappa shape index (κ3) is 6.93. The second-order valence-corrected chi connectivity index (χ2v) is 6.21. The van der Waals surface area contributed by atoms with E-state index in [4.69, 9.17) is 9.47 Å². The first kappa shape index (κ1) is 17.2. The fourth-order valence-electron chi connectivity index (χ4n) is 1.65. The third-order valence-electron chi connectivity index (χ3n) is 2.83. The number of carbonyl (C=O) groups excluding carboxylic acids is 2. The summed E-state index contributed by atoms with van der Waals surface area (Å²) in [6.45, 7) is 8.11. The van der Waals surface area contributed by atoms with Crippen molar-refractivity contribution in [2.45, 2.75) is 53.4 Å². The molecule has 116 valence electrons. The normalized spacial score (nSPS) is 11.0. The van der Waals surface area contributed by atoms with E-state index in [1.807, 2.05) is 6.92 Å². The zero-order chi connectivity index (χ0) is 15.9. The average molecular weight is 292 g/mol. The molecule has 0 atom stereocenters. The van der Waals surface area contributed by atoms with Gasteiger partial charge in [0.1, 0.15) is 0 Å². The van der Waals surface area contributed by atoms with Crippen molar-refractivity contribution in [3.05, 3.63) is 24.3 Å². The maximum absolute atomic E-state index is 11.9. The fourth-order valence-corrected chi connectivity index (χ4v) is 1.65. The topological polar surface area (TPSA) is 52.6 Å². The molecule has 0 spiro atoms. The van der Waals surface area contributed by atoms with Crippen LogP contribution in [-0.2, 0) is 9.59 Å². The highest BCUT2D eigenvalue weighted by molar-refractivity contribution is 5.76. The average Bonchev–Trinajstić information content (AvgIpc) is 2.38. The van der Waals surface area contributed by atoms with E-state index in [0.717, 1.165) is 6.42 Å². The van der Waals surface area contributed by atoms with Gasteiger partial charge in [-0.1, -0.05) is 39.8 Å². The van der Waals surface area contributed by atoms with Gasteiger partial charge in [-0.05, 0) is 30.4 Å². The zero-order valence-corrected chi connectivity index (χ0v) is 13.3. The van der Waals surface area contributed by atoms with Gasteiger partial charge in [0, 0.05) is 12.8 Å². The number of benzene rings is 1. The number of para-hydroxylation sites is 2. The van der Waals surface area contributed by atoms with Gasteiger partial charge in [0.25, 0.3) is 0 Å². The molecule has 0 saturated carbocycles. The largest absolute Gasteiger partial charge is 0.423 e. The van der Waals surface area contributed by atoms with Crippen molar-refractivity contribution in [1.82, 2.24) is 0 Å². The van der Waals surface area contributed by atoms with Crippen molar-refractivity contribution in [2.24, 2.45) is 5.41 Å². The lowest BCUT2D eigenvalue weighted by molar-refractivity contribution is -0.137. The highest BCUT2D eigenvalue weighted by Crippen LogP contribution is 2.28. The first-order valence-electron chi connectivity index (χ1n) is 7.32. The molecule has 1 rings (SSSR count). The van der Waals surface area contributed by atoms with Crippen LogP contribution in [-0.4, -0.2) is 11.9 Å². The molecule has 0 radical (unpaired) electrons. The fraction of sp³-hybridized carbons (Fsp3) is 0.529. The van der Waals surface area contributed by atoms with Crippen LogP contribution in [0.2, 0.25) is 0 Å². The van der Waals surface area contributed by atoms with Gasteiger partial charge in [-0.3, -0.25) is 9.59 Å². The SMILES string of the molecule is CCCC(=O)Oc1ccccc1OC(=O)CCC(C)(C)C. The van der Waals surface area contributed by atoms with Crippen LogP contribution in [0.3, 0.4) is 0 Å². The lowest BCUT2D eigenvalue weighted by Gasteiger charge is -2.17. The molecule has 21 heavy (non-hydrogen) atoms. The van der Waals surface area contributed by atoms with Crippen LogP contribution in [0.25, 0.3) is 0 Å². The second-order valence-electron chi connectivity index (χ2n) is 6.21. The molecule has 0 saturated heterocycles. The van der Waals surface area contributed by atoms with E-state index in [-0.39, 0.29) is 17.4 Å². The summed E-state index contributed by atoms with van der Waals surface area (Å²) in [5.41, 5.74) is 0.0755. The smallest absolute Gasteiger partial charge is 0.311 e. The first-order chi connectivity index (χ1) is 9.81. The molecule has 4 nitrogen and oxygen atoms in total. The van der Waals surface area contributed by atoms with E-state index in [0.29, 0.717) is 30.8 Å². The standard InChI is InChI=1S/C17H24O4/c1-5-8-15(18)20-13-9-6-7-10-14(13)21-16(19)11-12-17(2,3)4/h6-7,9-10H,5,8,11-12H2,1-4H3. The van der Waals surface area contributed by atoms with Crippen LogP contribution >= 0.6 is 0 Å². The molecule has 4 heteroatoms. The number of rotatable bonds is 6. The first-order valence-corrected chi connectivity index (χ1v) is 7.32. The molecule has 0 aromatic heterocycles. The summed E-state index contributed by atoms with van der Waals surface area (Å²) in [7, 11) is 0. The molecule has 0 bridgehead atoms. The minimum Gasteiger partial charge on any atom is -0.423 e. The van der Waals surface area contributed by atoms with Crippen LogP contribution in [0.1, 0.15) is 53.4 Å². The van der Waals surface area contributed by atoms with Crippen LogP contribution in [0.5, 0.6) is 11.5 Å². The summed E-state index contributed by atoms with van der Waals surface area (Å²) < 4.78 is 10.5. The molecule has 0 heterocycles. The van der Waals surface area contributed by atoms with Crippen molar-refractivity contribution >= 4 is 11.9 Å². The lowest BCUT2D eigenvalue weighted by Crippen LogP contribution is -2.14. The van der Waals surface area contributed by atoms with E-state index >= 15 is 0 Å². The summed E-state index contributed by atoms with van der Waals surface area (Å²) in [6, 6.07) is 6.73. The number of esters is 2. The summed E-state index contributed by atoms with van der Waals surface area (Å²) in [6.07, 6.45) is 2.13. The van der Waals surface area contributed by atoms with Crippen molar-refractivity contribution in [1.29, 1.82) is 0 Å². The van der Waals surface area contributed by atoms with E-state index < -0.39 is 0 Å². The van der Waals surface area contributed by atoms with E-state index in [1.54, 1.807) is 24.3 Å². The maximum atomic E-state index is 11.9. The highest BCUT2D eigenvalue weighted by atomic mass is 16.6. The van der Waals surface area contributed by atoms with Gasteiger partial charge in [0.15, 0.2) is 11.5 Å². The second kappa shape index (κ2) is 7.81. The molecule has 0 amide bonds. The van der Waals surface area contributed by atoms with Crippen molar-refractivity contribution < 1.29 is 19.1 Å². The van der Waals surface area contributed by atoms with Crippen molar-refractivity contribution in [2.75, 3.05) is 0 Å². The molecule has 1 aromatic rings. The van der Waals surface area contributed by atoms with E-state index in [9.17, 15) is 9.59 Å². The molecule has 0 aliphatic carbocycles. The quantitative estimate of drug-likeness (QED) is 0.584. The molecule has 1 aromatic carbocycles. The molecule has 0 fully saturated rings. The van der Waals surface area contributed by atoms with Crippen LogP contribution in [0.15, 0.2) is 24.3 Å². The van der Waals surface area contributed by atoms with Crippen LogP contribution in [0.4, 0.5) is 0 Å². The van der Waals surface area contributed by atoms with Gasteiger partial charge in [0.2, 0.25) is 0 Å². The number of hydrogen-bond donors (Lipinski definition) is 0. The lowest BCUT2D eigenvalue weighted by atomic mass is 9.91. The number of carbonyl (C=O) groups is 2. The Morgan fingerprint density at radius 3 is 1.86 bits per heavy atom. The summed E-state index contributed by atoms with van der Waals surface area (Å²) in [5, 5.41) is 0. The summed E-state index contributed by atoms with van der Waals surface area (Å²) >= 11 is 0. The maximum Gasteiger partial charge on any atom is 0.311 e. The Hall–Kier alpha value is -1.84. The van der Waals surface area contributed by atoms with E-state index in [2.05, 4.69) is 20.8 Å². The predicted octanol–water partition coefficient (Wildman–Crippen LogP) is 4.12. The predicted molar refractivity (Wildman–Crippen MR) is 81.3 cm³/mol. The monoisotopic (exact) mass is 292 g/mol. The van der Waals surface area contributed by atoms with Crippen LogP contribution < -0.4 is 9.47 Å². The van der Waals surface area contributed by atoms with Crippen molar-refractivity contribution in [3.63, 3.8) is 0 Å². The Morgan fingerprint density at radius 2 is 1.43 bits per heavy atom. The van der Waals surface area contributed by atoms with Gasteiger partial charge in [-0.25, -0.2) is 0 Å². The van der Waals surface area contributed by atoms with Gasteiger partial charge >= 0.3 is 11.9 Å². The molecule has 0 unspecified atom stereocenters. The Labute approximate surface area is 126 Å². The highest BCUT2D eigenvalue weighted by Gasteiger charge is 2.16.